The molecule has 0 saturated heterocycles. The minimum Gasteiger partial charge on any atom is -0.493 e. The average molecular weight is 365 g/mol. The van der Waals surface area contributed by atoms with Crippen LogP contribution in [0.4, 0.5) is 5.69 Å². The predicted octanol–water partition coefficient (Wildman–Crippen LogP) is 4.54. The summed E-state index contributed by atoms with van der Waals surface area (Å²) in [6.07, 6.45) is 5.19. The van der Waals surface area contributed by atoms with E-state index in [1.807, 2.05) is 25.1 Å². The molecular formula is C22H23NO4. The lowest BCUT2D eigenvalue weighted by Gasteiger charge is -2.39. The zero-order valence-electron chi connectivity index (χ0n) is 15.7. The van der Waals surface area contributed by atoms with Crippen LogP contribution in [-0.2, 0) is 0 Å². The van der Waals surface area contributed by atoms with Crippen LogP contribution < -0.4 is 14.8 Å². The molecule has 0 radical (unpaired) electrons. The fourth-order valence-corrected chi connectivity index (χ4v) is 4.51. The van der Waals surface area contributed by atoms with Gasteiger partial charge in [-0.25, -0.2) is 4.79 Å². The Labute approximate surface area is 158 Å². The lowest BCUT2D eigenvalue weighted by atomic mass is 9.74. The molecule has 3 atom stereocenters. The van der Waals surface area contributed by atoms with Crippen molar-refractivity contribution in [1.29, 1.82) is 0 Å². The second-order valence-corrected chi connectivity index (χ2v) is 7.08. The number of rotatable bonds is 4. The Morgan fingerprint density at radius 3 is 2.70 bits per heavy atom. The monoisotopic (exact) mass is 365 g/mol. The van der Waals surface area contributed by atoms with E-state index < -0.39 is 5.97 Å². The molecule has 0 unspecified atom stereocenters. The van der Waals surface area contributed by atoms with E-state index in [9.17, 15) is 9.90 Å². The van der Waals surface area contributed by atoms with Crippen LogP contribution in [0, 0.1) is 12.8 Å². The van der Waals surface area contributed by atoms with Crippen LogP contribution in [0.2, 0.25) is 0 Å². The largest absolute Gasteiger partial charge is 0.493 e. The normalized spacial score (nSPS) is 22.6. The maximum Gasteiger partial charge on any atom is 0.336 e. The molecule has 0 spiro atoms. The lowest BCUT2D eigenvalue weighted by Crippen LogP contribution is -2.31. The third kappa shape index (κ3) is 2.65. The topological polar surface area (TPSA) is 67.8 Å². The zero-order chi connectivity index (χ0) is 19.1. The van der Waals surface area contributed by atoms with Crippen LogP contribution in [-0.4, -0.2) is 25.3 Å². The second kappa shape index (κ2) is 6.65. The third-order valence-corrected chi connectivity index (χ3v) is 5.73. The number of aryl methyl sites for hydroxylation is 1. The number of carboxylic acids is 1. The Balaban J connectivity index is 1.89. The second-order valence-electron chi connectivity index (χ2n) is 7.08. The number of hydrogen-bond donors (Lipinski definition) is 2. The molecule has 27 heavy (non-hydrogen) atoms. The van der Waals surface area contributed by atoms with E-state index in [4.69, 9.17) is 9.47 Å². The molecule has 5 heteroatoms. The van der Waals surface area contributed by atoms with Crippen LogP contribution in [0.15, 0.2) is 42.5 Å². The molecule has 1 aliphatic heterocycles. The Morgan fingerprint density at radius 1 is 1.19 bits per heavy atom. The lowest BCUT2D eigenvalue weighted by molar-refractivity contribution is 0.0695. The molecule has 1 aliphatic carbocycles. The summed E-state index contributed by atoms with van der Waals surface area (Å²) >= 11 is 0. The maximum atomic E-state index is 11.8. The quantitative estimate of drug-likeness (QED) is 0.779. The summed E-state index contributed by atoms with van der Waals surface area (Å²) in [7, 11) is 3.28. The number of para-hydroxylation sites is 1. The fourth-order valence-electron chi connectivity index (χ4n) is 4.51. The molecule has 140 valence electrons. The van der Waals surface area contributed by atoms with Gasteiger partial charge < -0.3 is 19.9 Å². The molecular weight excluding hydrogens is 342 g/mol. The van der Waals surface area contributed by atoms with Crippen molar-refractivity contribution in [3.05, 3.63) is 64.7 Å². The van der Waals surface area contributed by atoms with Gasteiger partial charge >= 0.3 is 5.97 Å². The van der Waals surface area contributed by atoms with Gasteiger partial charge in [-0.15, -0.1) is 0 Å². The van der Waals surface area contributed by atoms with Crippen molar-refractivity contribution >= 4 is 11.7 Å². The summed E-state index contributed by atoms with van der Waals surface area (Å²) in [6.45, 7) is 2.01. The minimum atomic E-state index is -0.885. The van der Waals surface area contributed by atoms with Crippen LogP contribution in [0.25, 0.3) is 0 Å². The summed E-state index contributed by atoms with van der Waals surface area (Å²) < 4.78 is 11.1. The van der Waals surface area contributed by atoms with Gasteiger partial charge in [0.05, 0.1) is 25.8 Å². The summed E-state index contributed by atoms with van der Waals surface area (Å²) in [5.74, 6) is 0.816. The van der Waals surface area contributed by atoms with Gasteiger partial charge in [0.15, 0.2) is 11.5 Å². The number of methoxy groups -OCH3 is 2. The fraction of sp³-hybridized carbons (Fsp3) is 0.318. The first kappa shape index (κ1) is 17.5. The highest BCUT2D eigenvalue weighted by molar-refractivity contribution is 5.93. The Kier molecular flexibility index (Phi) is 4.30. The van der Waals surface area contributed by atoms with Gasteiger partial charge in [-0.3, -0.25) is 0 Å². The molecule has 2 aromatic rings. The number of nitrogens with one attached hydrogen (secondary N) is 1. The summed E-state index contributed by atoms with van der Waals surface area (Å²) in [4.78, 5) is 11.8. The molecule has 2 N–H and O–H groups in total. The Morgan fingerprint density at radius 2 is 2.00 bits per heavy atom. The first-order valence-corrected chi connectivity index (χ1v) is 9.07. The van der Waals surface area contributed by atoms with E-state index in [1.54, 1.807) is 20.3 Å². The summed E-state index contributed by atoms with van der Waals surface area (Å²) in [5.41, 5.74) is 4.25. The van der Waals surface area contributed by atoms with Crippen molar-refractivity contribution in [3.8, 4) is 11.5 Å². The number of aromatic carboxylic acids is 1. The number of benzene rings is 2. The summed E-state index contributed by atoms with van der Waals surface area (Å²) in [5, 5.41) is 13.3. The van der Waals surface area contributed by atoms with Crippen molar-refractivity contribution in [2.45, 2.75) is 25.3 Å². The van der Waals surface area contributed by atoms with E-state index in [0.717, 1.165) is 34.5 Å². The van der Waals surface area contributed by atoms with E-state index in [0.29, 0.717) is 11.3 Å². The SMILES string of the molecule is COc1cccc([C@@H]2Nc3c(C)ccc(C(=O)O)c3[C@@H]3C=CC[C@@H]32)c1OC. The van der Waals surface area contributed by atoms with Gasteiger partial charge in [-0.2, -0.15) is 0 Å². The number of allylic oxidation sites excluding steroid dienone is 2. The first-order chi connectivity index (χ1) is 13.1. The predicted molar refractivity (Wildman–Crippen MR) is 104 cm³/mol. The molecule has 0 fully saturated rings. The molecule has 0 amide bonds. The van der Waals surface area contributed by atoms with Gasteiger partial charge in [0, 0.05) is 17.2 Å². The standard InChI is InChI=1S/C22H23NO4/c1-12-10-11-15(22(24)25)18-13-6-4-7-14(13)20(23-19(12)18)16-8-5-9-17(26-2)21(16)27-3/h4-6,8-11,13-14,20,23H,7H2,1-3H3,(H,24,25)/t13-,14+,20-/m1/s1. The number of fused-ring (bicyclic) bond motifs is 3. The van der Waals surface area contributed by atoms with Gasteiger partial charge in [0.25, 0.3) is 0 Å². The molecule has 1 heterocycles. The number of ether oxygens (including phenoxy) is 2. The molecule has 0 saturated carbocycles. The highest BCUT2D eigenvalue weighted by atomic mass is 16.5. The van der Waals surface area contributed by atoms with Gasteiger partial charge in [-0.1, -0.05) is 30.4 Å². The molecule has 0 bridgehead atoms. The molecule has 0 aromatic heterocycles. The van der Waals surface area contributed by atoms with Crippen molar-refractivity contribution in [1.82, 2.24) is 0 Å². The highest BCUT2D eigenvalue weighted by Gasteiger charge is 2.41. The number of hydrogen-bond acceptors (Lipinski definition) is 4. The first-order valence-electron chi connectivity index (χ1n) is 9.07. The van der Waals surface area contributed by atoms with Gasteiger partial charge in [-0.05, 0) is 42.5 Å². The smallest absolute Gasteiger partial charge is 0.336 e. The molecule has 2 aliphatic rings. The van der Waals surface area contributed by atoms with Crippen molar-refractivity contribution in [2.24, 2.45) is 5.92 Å². The van der Waals surface area contributed by atoms with Crippen LogP contribution in [0.5, 0.6) is 11.5 Å². The number of carbonyl (C=O) groups is 1. The van der Waals surface area contributed by atoms with E-state index in [1.165, 1.54) is 0 Å². The van der Waals surface area contributed by atoms with Gasteiger partial charge in [0.1, 0.15) is 0 Å². The van der Waals surface area contributed by atoms with Gasteiger partial charge in [0.2, 0.25) is 0 Å². The molecule has 4 rings (SSSR count). The van der Waals surface area contributed by atoms with Crippen LogP contribution >= 0.6 is 0 Å². The summed E-state index contributed by atoms with van der Waals surface area (Å²) in [6, 6.07) is 9.49. The van der Waals surface area contributed by atoms with E-state index in [-0.39, 0.29) is 17.9 Å². The number of anilines is 1. The molecule has 5 nitrogen and oxygen atoms in total. The Hall–Kier alpha value is -2.95. The number of carboxylic acid groups (broad SMARTS) is 1. The van der Waals surface area contributed by atoms with Crippen molar-refractivity contribution in [2.75, 3.05) is 19.5 Å². The van der Waals surface area contributed by atoms with Crippen molar-refractivity contribution in [3.63, 3.8) is 0 Å². The van der Waals surface area contributed by atoms with E-state index >= 15 is 0 Å². The van der Waals surface area contributed by atoms with Crippen LogP contribution in [0.1, 0.15) is 45.4 Å². The van der Waals surface area contributed by atoms with E-state index in [2.05, 4.69) is 23.5 Å². The molecule has 2 aromatic carbocycles. The van der Waals surface area contributed by atoms with Crippen molar-refractivity contribution < 1.29 is 19.4 Å². The van der Waals surface area contributed by atoms with Crippen LogP contribution in [0.3, 0.4) is 0 Å². The third-order valence-electron chi connectivity index (χ3n) is 5.73. The maximum absolute atomic E-state index is 11.8. The Bertz CT molecular complexity index is 934. The zero-order valence-corrected chi connectivity index (χ0v) is 15.7. The average Bonchev–Trinajstić information content (AvgIpc) is 3.16. The highest BCUT2D eigenvalue weighted by Crippen LogP contribution is 2.53. The minimum absolute atomic E-state index is 0.00490.